The molecule has 0 unspecified atom stereocenters. The third-order valence-corrected chi connectivity index (χ3v) is 4.07. The van der Waals surface area contributed by atoms with Crippen LogP contribution in [0.4, 0.5) is 0 Å². The summed E-state index contributed by atoms with van der Waals surface area (Å²) in [5, 5.41) is 0. The van der Waals surface area contributed by atoms with E-state index in [2.05, 4.69) is 45.9 Å². The fourth-order valence-corrected chi connectivity index (χ4v) is 2.69. The van der Waals surface area contributed by atoms with Crippen LogP contribution in [-0.2, 0) is 12.0 Å². The van der Waals surface area contributed by atoms with Gasteiger partial charge in [-0.3, -0.25) is 0 Å². The number of methoxy groups -OCH3 is 1. The highest BCUT2D eigenvalue weighted by atomic mass is 16.5. The largest absolute Gasteiger partial charge is 0.493 e. The molecule has 2 N–H and O–H groups in total. The van der Waals surface area contributed by atoms with E-state index in [-0.39, 0.29) is 5.41 Å². The Morgan fingerprint density at radius 3 is 2.32 bits per heavy atom. The van der Waals surface area contributed by atoms with Crippen molar-refractivity contribution in [3.8, 4) is 17.2 Å². The standard InChI is InChI=1S/C21H29NO3/c1-15-7-6-8-17(21(2,3)4)20(15)25-12-11-24-18-10-9-16(14-22)13-19(18)23-5/h6-10,13H,11-12,14,22H2,1-5H3. The SMILES string of the molecule is COc1cc(CN)ccc1OCCOc1c(C)cccc1C(C)(C)C. The molecule has 0 bridgehead atoms. The van der Waals surface area contributed by atoms with E-state index in [9.17, 15) is 0 Å². The van der Waals surface area contributed by atoms with Crippen LogP contribution in [0.1, 0.15) is 37.5 Å². The zero-order chi connectivity index (χ0) is 18.4. The molecule has 2 aromatic rings. The molecular weight excluding hydrogens is 314 g/mol. The summed E-state index contributed by atoms with van der Waals surface area (Å²) in [6.07, 6.45) is 0. The molecule has 4 heteroatoms. The number of rotatable bonds is 7. The third-order valence-electron chi connectivity index (χ3n) is 4.07. The molecule has 0 radical (unpaired) electrons. The first kappa shape index (κ1) is 19.1. The summed E-state index contributed by atoms with van der Waals surface area (Å²) in [4.78, 5) is 0. The lowest BCUT2D eigenvalue weighted by atomic mass is 9.85. The molecule has 0 aliphatic heterocycles. The van der Waals surface area contributed by atoms with E-state index < -0.39 is 0 Å². The third kappa shape index (κ3) is 4.89. The number of benzene rings is 2. The highest BCUT2D eigenvalue weighted by Gasteiger charge is 2.20. The number of ether oxygens (including phenoxy) is 3. The van der Waals surface area contributed by atoms with Gasteiger partial charge >= 0.3 is 0 Å². The molecule has 0 aliphatic rings. The van der Waals surface area contributed by atoms with Gasteiger partial charge in [0.05, 0.1) is 7.11 Å². The van der Waals surface area contributed by atoms with Gasteiger partial charge in [-0.2, -0.15) is 0 Å². The zero-order valence-corrected chi connectivity index (χ0v) is 15.9. The maximum Gasteiger partial charge on any atom is 0.161 e. The van der Waals surface area contributed by atoms with Crippen molar-refractivity contribution >= 4 is 0 Å². The van der Waals surface area contributed by atoms with Crippen LogP contribution in [0.2, 0.25) is 0 Å². The topological polar surface area (TPSA) is 53.7 Å². The maximum absolute atomic E-state index is 6.05. The average Bonchev–Trinajstić information content (AvgIpc) is 2.58. The van der Waals surface area contributed by atoms with Crippen LogP contribution in [0.15, 0.2) is 36.4 Å². The van der Waals surface area contributed by atoms with Crippen LogP contribution in [0, 0.1) is 6.92 Å². The molecule has 25 heavy (non-hydrogen) atoms. The molecule has 0 saturated heterocycles. The monoisotopic (exact) mass is 343 g/mol. The second-order valence-corrected chi connectivity index (χ2v) is 7.09. The van der Waals surface area contributed by atoms with Gasteiger partial charge in [-0.1, -0.05) is 45.0 Å². The van der Waals surface area contributed by atoms with Gasteiger partial charge in [0.1, 0.15) is 19.0 Å². The molecule has 2 aromatic carbocycles. The van der Waals surface area contributed by atoms with E-state index in [0.29, 0.717) is 31.3 Å². The fourth-order valence-electron chi connectivity index (χ4n) is 2.69. The Morgan fingerprint density at radius 2 is 1.68 bits per heavy atom. The van der Waals surface area contributed by atoms with E-state index in [1.165, 1.54) is 5.56 Å². The van der Waals surface area contributed by atoms with Crippen LogP contribution < -0.4 is 19.9 Å². The zero-order valence-electron chi connectivity index (χ0n) is 15.9. The first-order valence-corrected chi connectivity index (χ1v) is 8.59. The molecule has 0 spiro atoms. The summed E-state index contributed by atoms with van der Waals surface area (Å²) in [6.45, 7) is 10.0. The Morgan fingerprint density at radius 1 is 0.960 bits per heavy atom. The summed E-state index contributed by atoms with van der Waals surface area (Å²) in [6, 6.07) is 12.0. The van der Waals surface area contributed by atoms with Gasteiger partial charge in [-0.05, 0) is 41.2 Å². The summed E-state index contributed by atoms with van der Waals surface area (Å²) < 4.78 is 17.2. The minimum Gasteiger partial charge on any atom is -0.493 e. The molecule has 4 nitrogen and oxygen atoms in total. The van der Waals surface area contributed by atoms with Gasteiger partial charge < -0.3 is 19.9 Å². The van der Waals surface area contributed by atoms with Crippen molar-refractivity contribution in [1.29, 1.82) is 0 Å². The average molecular weight is 343 g/mol. The lowest BCUT2D eigenvalue weighted by Gasteiger charge is -2.24. The highest BCUT2D eigenvalue weighted by Crippen LogP contribution is 2.34. The van der Waals surface area contributed by atoms with Crippen molar-refractivity contribution in [2.75, 3.05) is 20.3 Å². The first-order chi connectivity index (χ1) is 11.9. The van der Waals surface area contributed by atoms with E-state index in [4.69, 9.17) is 19.9 Å². The van der Waals surface area contributed by atoms with Crippen LogP contribution in [-0.4, -0.2) is 20.3 Å². The van der Waals surface area contributed by atoms with Gasteiger partial charge in [0.15, 0.2) is 11.5 Å². The Bertz CT molecular complexity index is 705. The molecule has 0 aromatic heterocycles. The van der Waals surface area contributed by atoms with Crippen LogP contribution in [0.25, 0.3) is 0 Å². The number of para-hydroxylation sites is 1. The van der Waals surface area contributed by atoms with Gasteiger partial charge in [0.25, 0.3) is 0 Å². The van der Waals surface area contributed by atoms with Crippen LogP contribution in [0.5, 0.6) is 17.2 Å². The van der Waals surface area contributed by atoms with Crippen LogP contribution >= 0.6 is 0 Å². The minimum absolute atomic E-state index is 0.0312. The molecule has 0 amide bonds. The lowest BCUT2D eigenvalue weighted by molar-refractivity contribution is 0.208. The summed E-state index contributed by atoms with van der Waals surface area (Å²) in [5.41, 5.74) is 9.04. The maximum atomic E-state index is 6.05. The number of aryl methyl sites for hydroxylation is 1. The molecule has 0 atom stereocenters. The van der Waals surface area contributed by atoms with Crippen molar-refractivity contribution in [3.05, 3.63) is 53.1 Å². The van der Waals surface area contributed by atoms with E-state index in [1.54, 1.807) is 7.11 Å². The number of nitrogens with two attached hydrogens (primary N) is 1. The van der Waals surface area contributed by atoms with Gasteiger partial charge in [-0.15, -0.1) is 0 Å². The summed E-state index contributed by atoms with van der Waals surface area (Å²) in [5.74, 6) is 2.34. The Balaban J connectivity index is 2.01. The van der Waals surface area contributed by atoms with Gasteiger partial charge in [-0.25, -0.2) is 0 Å². The highest BCUT2D eigenvalue weighted by molar-refractivity contribution is 5.45. The van der Waals surface area contributed by atoms with Gasteiger partial charge in [0, 0.05) is 6.54 Å². The van der Waals surface area contributed by atoms with Gasteiger partial charge in [0.2, 0.25) is 0 Å². The molecular formula is C21H29NO3. The predicted molar refractivity (Wildman–Crippen MR) is 102 cm³/mol. The van der Waals surface area contributed by atoms with E-state index >= 15 is 0 Å². The fraction of sp³-hybridized carbons (Fsp3) is 0.429. The molecule has 136 valence electrons. The Kier molecular flexibility index (Phi) is 6.32. The van der Waals surface area contributed by atoms with Crippen molar-refractivity contribution in [2.24, 2.45) is 5.73 Å². The van der Waals surface area contributed by atoms with Crippen molar-refractivity contribution in [1.82, 2.24) is 0 Å². The Labute approximate surface area is 150 Å². The summed E-state index contributed by atoms with van der Waals surface area (Å²) in [7, 11) is 1.63. The molecule has 0 fully saturated rings. The quantitative estimate of drug-likeness (QED) is 0.765. The van der Waals surface area contributed by atoms with E-state index in [0.717, 1.165) is 16.9 Å². The van der Waals surface area contributed by atoms with E-state index in [1.807, 2.05) is 18.2 Å². The molecule has 0 aliphatic carbocycles. The second kappa shape index (κ2) is 8.26. The minimum atomic E-state index is 0.0312. The smallest absolute Gasteiger partial charge is 0.161 e. The lowest BCUT2D eigenvalue weighted by Crippen LogP contribution is -2.16. The predicted octanol–water partition coefficient (Wildman–Crippen LogP) is 4.22. The molecule has 0 saturated carbocycles. The van der Waals surface area contributed by atoms with Crippen molar-refractivity contribution < 1.29 is 14.2 Å². The Hall–Kier alpha value is -2.20. The first-order valence-electron chi connectivity index (χ1n) is 8.59. The molecule has 2 rings (SSSR count). The second-order valence-electron chi connectivity index (χ2n) is 7.09. The van der Waals surface area contributed by atoms with Crippen LogP contribution in [0.3, 0.4) is 0 Å². The van der Waals surface area contributed by atoms with Crippen molar-refractivity contribution in [2.45, 2.75) is 39.7 Å². The van der Waals surface area contributed by atoms with Crippen molar-refractivity contribution in [3.63, 3.8) is 0 Å². The molecule has 0 heterocycles. The number of hydrogen-bond donors (Lipinski definition) is 1. The summed E-state index contributed by atoms with van der Waals surface area (Å²) >= 11 is 0. The number of hydrogen-bond acceptors (Lipinski definition) is 4. The normalized spacial score (nSPS) is 11.3.